The fraction of sp³-hybridized carbons (Fsp3) is 0.600. The number of aliphatic imine (C=N–C) groups is 1. The van der Waals surface area contributed by atoms with Crippen molar-refractivity contribution >= 4 is 29.9 Å². The number of hydrogen-bond acceptors (Lipinski definition) is 4. The van der Waals surface area contributed by atoms with E-state index in [4.69, 9.17) is 9.47 Å². The molecule has 1 fully saturated rings. The van der Waals surface area contributed by atoms with E-state index in [2.05, 4.69) is 20.6 Å². The van der Waals surface area contributed by atoms with Crippen LogP contribution in [0.3, 0.4) is 0 Å². The monoisotopic (exact) mass is 420 g/mol. The summed E-state index contributed by atoms with van der Waals surface area (Å²) in [5.41, 5.74) is 0.982. The molecule has 1 saturated heterocycles. The third-order valence-corrected chi connectivity index (χ3v) is 3.25. The predicted octanol–water partition coefficient (Wildman–Crippen LogP) is 1.56. The van der Waals surface area contributed by atoms with Gasteiger partial charge in [0.15, 0.2) is 5.96 Å². The van der Waals surface area contributed by atoms with Crippen LogP contribution < -0.4 is 10.6 Å². The summed E-state index contributed by atoms with van der Waals surface area (Å²) in [4.78, 5) is 8.42. The maximum atomic E-state index is 5.59. The summed E-state index contributed by atoms with van der Waals surface area (Å²) in [7, 11) is 1.75. The van der Waals surface area contributed by atoms with E-state index in [1.54, 1.807) is 13.2 Å². The lowest BCUT2D eigenvalue weighted by molar-refractivity contribution is 0.0191. The van der Waals surface area contributed by atoms with Crippen LogP contribution in [-0.4, -0.2) is 50.5 Å². The highest BCUT2D eigenvalue weighted by Crippen LogP contribution is 2.11. The first kappa shape index (κ1) is 19.1. The molecular weight excluding hydrogens is 395 g/mol. The fourth-order valence-electron chi connectivity index (χ4n) is 2.13. The lowest BCUT2D eigenvalue weighted by Crippen LogP contribution is -2.38. The van der Waals surface area contributed by atoms with Gasteiger partial charge in [0.2, 0.25) is 0 Å². The van der Waals surface area contributed by atoms with Gasteiger partial charge in [-0.05, 0) is 25.0 Å². The van der Waals surface area contributed by atoms with Crippen LogP contribution in [0.2, 0.25) is 0 Å². The van der Waals surface area contributed by atoms with Crippen molar-refractivity contribution in [1.82, 2.24) is 15.6 Å². The Labute approximate surface area is 149 Å². The van der Waals surface area contributed by atoms with E-state index in [0.717, 1.165) is 31.1 Å². The Bertz CT molecular complexity index is 425. The highest BCUT2D eigenvalue weighted by Gasteiger charge is 2.14. The highest BCUT2D eigenvalue weighted by atomic mass is 127. The molecule has 7 heteroatoms. The Morgan fingerprint density at radius 1 is 1.45 bits per heavy atom. The summed E-state index contributed by atoms with van der Waals surface area (Å²) < 4.78 is 11.1. The number of guanidine groups is 1. The molecule has 6 nitrogen and oxygen atoms in total. The molecule has 2 N–H and O–H groups in total. The first-order valence-electron chi connectivity index (χ1n) is 7.42. The minimum Gasteiger partial charge on any atom is -0.377 e. The standard InChI is InChI=1S/C15H24N4O2.HI/c1-16-15(19-11-13-5-2-3-7-17-13)18-8-10-20-12-14-6-4-9-21-14;/h2-3,5,7,14H,4,6,8-12H2,1H3,(H2,16,18,19);1H. The highest BCUT2D eigenvalue weighted by molar-refractivity contribution is 14.0. The van der Waals surface area contributed by atoms with Gasteiger partial charge in [-0.2, -0.15) is 0 Å². The molecule has 124 valence electrons. The summed E-state index contributed by atoms with van der Waals surface area (Å²) >= 11 is 0. The summed E-state index contributed by atoms with van der Waals surface area (Å²) in [6.07, 6.45) is 4.33. The van der Waals surface area contributed by atoms with Crippen molar-refractivity contribution in [3.05, 3.63) is 30.1 Å². The fourth-order valence-corrected chi connectivity index (χ4v) is 2.13. The summed E-state index contributed by atoms with van der Waals surface area (Å²) in [6.45, 7) is 3.56. The third-order valence-electron chi connectivity index (χ3n) is 3.25. The number of rotatable bonds is 7. The average molecular weight is 420 g/mol. The lowest BCUT2D eigenvalue weighted by atomic mass is 10.2. The maximum absolute atomic E-state index is 5.59. The summed E-state index contributed by atoms with van der Waals surface area (Å²) in [6, 6.07) is 5.85. The molecule has 2 heterocycles. The second kappa shape index (κ2) is 11.6. The van der Waals surface area contributed by atoms with E-state index in [-0.39, 0.29) is 30.1 Å². The molecule has 1 atom stereocenters. The van der Waals surface area contributed by atoms with Crippen LogP contribution in [0.15, 0.2) is 29.4 Å². The van der Waals surface area contributed by atoms with Gasteiger partial charge < -0.3 is 20.1 Å². The third kappa shape index (κ3) is 7.37. The first-order chi connectivity index (χ1) is 10.4. The number of hydrogen-bond donors (Lipinski definition) is 2. The maximum Gasteiger partial charge on any atom is 0.191 e. The summed E-state index contributed by atoms with van der Waals surface area (Å²) in [5.74, 6) is 0.751. The summed E-state index contributed by atoms with van der Waals surface area (Å²) in [5, 5.41) is 6.42. The molecule has 2 rings (SSSR count). The largest absolute Gasteiger partial charge is 0.377 e. The second-order valence-corrected chi connectivity index (χ2v) is 4.88. The van der Waals surface area contributed by atoms with E-state index in [1.165, 1.54) is 0 Å². The van der Waals surface area contributed by atoms with Gasteiger partial charge in [0.05, 0.1) is 31.6 Å². The number of ether oxygens (including phenoxy) is 2. The van der Waals surface area contributed by atoms with Gasteiger partial charge in [-0.25, -0.2) is 0 Å². The van der Waals surface area contributed by atoms with E-state index in [0.29, 0.717) is 26.3 Å². The molecule has 1 unspecified atom stereocenters. The van der Waals surface area contributed by atoms with Crippen LogP contribution in [0.25, 0.3) is 0 Å². The SMILES string of the molecule is CN=C(NCCOCC1CCCO1)NCc1ccccn1.I. The van der Waals surface area contributed by atoms with Gasteiger partial charge >= 0.3 is 0 Å². The minimum absolute atomic E-state index is 0. The van der Waals surface area contributed by atoms with Crippen molar-refractivity contribution in [1.29, 1.82) is 0 Å². The molecule has 1 aromatic rings. The van der Waals surface area contributed by atoms with Gasteiger partial charge in [0.1, 0.15) is 0 Å². The molecule has 0 radical (unpaired) electrons. The van der Waals surface area contributed by atoms with Crippen molar-refractivity contribution in [3.63, 3.8) is 0 Å². The van der Waals surface area contributed by atoms with Crippen molar-refractivity contribution < 1.29 is 9.47 Å². The number of pyridine rings is 1. The normalized spacial score (nSPS) is 17.9. The van der Waals surface area contributed by atoms with Crippen molar-refractivity contribution in [2.24, 2.45) is 4.99 Å². The molecule has 1 aromatic heterocycles. The Kier molecular flexibility index (Phi) is 10.1. The first-order valence-corrected chi connectivity index (χ1v) is 7.42. The predicted molar refractivity (Wildman–Crippen MR) is 97.6 cm³/mol. The molecule has 0 spiro atoms. The number of aromatic nitrogens is 1. The molecule has 22 heavy (non-hydrogen) atoms. The van der Waals surface area contributed by atoms with Crippen LogP contribution in [0.4, 0.5) is 0 Å². The van der Waals surface area contributed by atoms with E-state index in [1.807, 2.05) is 18.2 Å². The van der Waals surface area contributed by atoms with E-state index < -0.39 is 0 Å². The topological polar surface area (TPSA) is 67.8 Å². The van der Waals surface area contributed by atoms with Crippen LogP contribution in [0, 0.1) is 0 Å². The van der Waals surface area contributed by atoms with Gasteiger partial charge in [0, 0.05) is 26.4 Å². The van der Waals surface area contributed by atoms with Crippen molar-refractivity contribution in [2.75, 3.05) is 33.4 Å². The van der Waals surface area contributed by atoms with Crippen LogP contribution in [0.1, 0.15) is 18.5 Å². The Morgan fingerprint density at radius 2 is 2.36 bits per heavy atom. The number of nitrogens with one attached hydrogen (secondary N) is 2. The Hall–Kier alpha value is -0.930. The molecule has 0 aliphatic carbocycles. The second-order valence-electron chi connectivity index (χ2n) is 4.88. The van der Waals surface area contributed by atoms with Crippen molar-refractivity contribution in [3.8, 4) is 0 Å². The molecule has 1 aliphatic heterocycles. The van der Waals surface area contributed by atoms with E-state index in [9.17, 15) is 0 Å². The smallest absolute Gasteiger partial charge is 0.191 e. The van der Waals surface area contributed by atoms with Crippen LogP contribution in [-0.2, 0) is 16.0 Å². The van der Waals surface area contributed by atoms with Crippen molar-refractivity contribution in [2.45, 2.75) is 25.5 Å². The van der Waals surface area contributed by atoms with Gasteiger partial charge in [-0.1, -0.05) is 6.07 Å². The molecular formula is C15H25IN4O2. The lowest BCUT2D eigenvalue weighted by Gasteiger charge is -2.13. The number of halogens is 1. The molecule has 1 aliphatic rings. The Morgan fingerprint density at radius 3 is 3.05 bits per heavy atom. The molecule has 0 aromatic carbocycles. The molecule has 0 bridgehead atoms. The molecule has 0 amide bonds. The zero-order valence-corrected chi connectivity index (χ0v) is 15.3. The van der Waals surface area contributed by atoms with Gasteiger partial charge in [-0.15, -0.1) is 24.0 Å². The van der Waals surface area contributed by atoms with Gasteiger partial charge in [0.25, 0.3) is 0 Å². The van der Waals surface area contributed by atoms with Gasteiger partial charge in [-0.3, -0.25) is 9.98 Å². The minimum atomic E-state index is 0. The zero-order valence-electron chi connectivity index (χ0n) is 13.0. The number of nitrogens with zero attached hydrogens (tertiary/aromatic N) is 2. The average Bonchev–Trinajstić information content (AvgIpc) is 3.04. The van der Waals surface area contributed by atoms with Crippen LogP contribution in [0.5, 0.6) is 0 Å². The van der Waals surface area contributed by atoms with E-state index >= 15 is 0 Å². The zero-order chi connectivity index (χ0) is 14.8. The molecule has 0 saturated carbocycles. The quantitative estimate of drug-likeness (QED) is 0.303. The van der Waals surface area contributed by atoms with Crippen LogP contribution >= 0.6 is 24.0 Å². The Balaban J connectivity index is 0.00000242.